The monoisotopic (exact) mass is 378 g/mol. The van der Waals surface area contributed by atoms with Crippen molar-refractivity contribution >= 4 is 11.6 Å². The lowest BCUT2D eigenvalue weighted by Gasteiger charge is -2.36. The quantitative estimate of drug-likeness (QED) is 0.813. The molecule has 1 aliphatic heterocycles. The Morgan fingerprint density at radius 3 is 2.41 bits per heavy atom. The molecule has 1 saturated heterocycles. The van der Waals surface area contributed by atoms with E-state index in [4.69, 9.17) is 4.74 Å². The van der Waals surface area contributed by atoms with Crippen molar-refractivity contribution < 1.29 is 22.7 Å². The summed E-state index contributed by atoms with van der Waals surface area (Å²) in [7, 11) is 0. The van der Waals surface area contributed by atoms with E-state index in [-0.39, 0.29) is 11.7 Å². The van der Waals surface area contributed by atoms with Gasteiger partial charge in [-0.25, -0.2) is 0 Å². The fourth-order valence-electron chi connectivity index (χ4n) is 3.10. The van der Waals surface area contributed by atoms with Crippen LogP contribution in [0.5, 0.6) is 5.75 Å². The minimum atomic E-state index is -4.51. The van der Waals surface area contributed by atoms with E-state index in [0.717, 1.165) is 11.8 Å². The van der Waals surface area contributed by atoms with Crippen LogP contribution < -0.4 is 9.64 Å². The highest BCUT2D eigenvalue weighted by Gasteiger charge is 2.34. The fraction of sp³-hybridized carbons (Fsp3) is 0.350. The summed E-state index contributed by atoms with van der Waals surface area (Å²) in [6.45, 7) is 3.99. The van der Waals surface area contributed by atoms with Crippen molar-refractivity contribution in [3.05, 3.63) is 59.7 Å². The van der Waals surface area contributed by atoms with Gasteiger partial charge in [0.25, 0.3) is 5.91 Å². The second-order valence-electron chi connectivity index (χ2n) is 6.49. The third-order valence-electron chi connectivity index (χ3n) is 4.54. The molecule has 4 nitrogen and oxygen atoms in total. The van der Waals surface area contributed by atoms with Gasteiger partial charge in [0.05, 0.1) is 5.56 Å². The summed E-state index contributed by atoms with van der Waals surface area (Å²) in [6.07, 6.45) is -4.51. The Morgan fingerprint density at radius 2 is 1.74 bits per heavy atom. The molecule has 7 heteroatoms. The molecule has 0 aliphatic carbocycles. The number of para-hydroxylation sites is 1. The molecule has 3 rings (SSSR count). The molecule has 0 atom stereocenters. The van der Waals surface area contributed by atoms with Gasteiger partial charge >= 0.3 is 6.18 Å². The summed E-state index contributed by atoms with van der Waals surface area (Å²) in [5.74, 6) is -0.632. The lowest BCUT2D eigenvalue weighted by atomic mass is 10.2. The van der Waals surface area contributed by atoms with Gasteiger partial charge in [-0.2, -0.15) is 13.2 Å². The number of carbonyl (C=O) groups excluding carboxylic acids is 1. The van der Waals surface area contributed by atoms with Crippen LogP contribution in [-0.2, 0) is 11.0 Å². The maximum absolute atomic E-state index is 13.0. The molecule has 1 fully saturated rings. The number of amides is 1. The van der Waals surface area contributed by atoms with Crippen LogP contribution in [0.15, 0.2) is 48.5 Å². The summed E-state index contributed by atoms with van der Waals surface area (Å²) >= 11 is 0. The topological polar surface area (TPSA) is 32.8 Å². The SMILES string of the molecule is Cc1cccc(N2CCN(C(=O)COc3ccccc3C(F)(F)F)CC2)c1. The minimum Gasteiger partial charge on any atom is -0.483 e. The molecule has 0 saturated carbocycles. The maximum atomic E-state index is 13.0. The van der Waals surface area contributed by atoms with Crippen molar-refractivity contribution in [2.24, 2.45) is 0 Å². The molecule has 2 aromatic rings. The van der Waals surface area contributed by atoms with E-state index >= 15 is 0 Å². The van der Waals surface area contributed by atoms with Crippen LogP contribution in [0.1, 0.15) is 11.1 Å². The van der Waals surface area contributed by atoms with Crippen molar-refractivity contribution in [2.75, 3.05) is 37.7 Å². The summed E-state index contributed by atoms with van der Waals surface area (Å²) in [6, 6.07) is 13.1. The van der Waals surface area contributed by atoms with Crippen LogP contribution in [0.4, 0.5) is 18.9 Å². The van der Waals surface area contributed by atoms with Gasteiger partial charge in [-0.15, -0.1) is 0 Å². The third kappa shape index (κ3) is 4.72. The molecule has 144 valence electrons. The summed E-state index contributed by atoms with van der Waals surface area (Å²) in [4.78, 5) is 16.1. The number of alkyl halides is 3. The van der Waals surface area contributed by atoms with Gasteiger partial charge in [0.2, 0.25) is 0 Å². The number of piperazine rings is 1. The molecule has 1 aliphatic rings. The molecule has 1 heterocycles. The van der Waals surface area contributed by atoms with Gasteiger partial charge in [0.15, 0.2) is 6.61 Å². The highest BCUT2D eigenvalue weighted by atomic mass is 19.4. The van der Waals surface area contributed by atoms with E-state index in [1.54, 1.807) is 4.90 Å². The van der Waals surface area contributed by atoms with E-state index < -0.39 is 18.3 Å². The number of hydrogen-bond donors (Lipinski definition) is 0. The van der Waals surface area contributed by atoms with Gasteiger partial charge in [-0.3, -0.25) is 4.79 Å². The number of rotatable bonds is 4. The zero-order valence-corrected chi connectivity index (χ0v) is 15.0. The van der Waals surface area contributed by atoms with Crippen molar-refractivity contribution in [1.82, 2.24) is 4.90 Å². The lowest BCUT2D eigenvalue weighted by molar-refractivity contribution is -0.141. The molecule has 2 aromatic carbocycles. The van der Waals surface area contributed by atoms with Crippen LogP contribution in [0, 0.1) is 6.92 Å². The number of ether oxygens (including phenoxy) is 1. The van der Waals surface area contributed by atoms with Crippen molar-refractivity contribution in [2.45, 2.75) is 13.1 Å². The van der Waals surface area contributed by atoms with E-state index in [0.29, 0.717) is 26.2 Å². The first-order valence-corrected chi connectivity index (χ1v) is 8.73. The smallest absolute Gasteiger partial charge is 0.419 e. The summed E-state index contributed by atoms with van der Waals surface area (Å²) in [5, 5.41) is 0. The van der Waals surface area contributed by atoms with E-state index in [1.807, 2.05) is 25.1 Å². The summed E-state index contributed by atoms with van der Waals surface area (Å²) < 4.78 is 44.1. The Bertz CT molecular complexity index is 800. The summed E-state index contributed by atoms with van der Waals surface area (Å²) in [5.41, 5.74) is 1.40. The molecule has 0 N–H and O–H groups in total. The molecule has 0 radical (unpaired) electrons. The maximum Gasteiger partial charge on any atom is 0.419 e. The van der Waals surface area contributed by atoms with Crippen LogP contribution in [0.25, 0.3) is 0 Å². The van der Waals surface area contributed by atoms with Gasteiger partial charge in [-0.05, 0) is 36.8 Å². The molecular formula is C20H21F3N2O2. The van der Waals surface area contributed by atoms with E-state index in [1.165, 1.54) is 23.8 Å². The van der Waals surface area contributed by atoms with E-state index in [9.17, 15) is 18.0 Å². The highest BCUT2D eigenvalue weighted by molar-refractivity contribution is 5.78. The van der Waals surface area contributed by atoms with E-state index in [2.05, 4.69) is 11.0 Å². The molecule has 27 heavy (non-hydrogen) atoms. The predicted molar refractivity (Wildman–Crippen MR) is 96.9 cm³/mol. The van der Waals surface area contributed by atoms with Crippen LogP contribution in [-0.4, -0.2) is 43.6 Å². The number of halogens is 3. The average Bonchev–Trinajstić information content (AvgIpc) is 2.66. The fourth-order valence-corrected chi connectivity index (χ4v) is 3.10. The van der Waals surface area contributed by atoms with Crippen molar-refractivity contribution in [3.8, 4) is 5.75 Å². The molecule has 1 amide bonds. The van der Waals surface area contributed by atoms with Crippen LogP contribution >= 0.6 is 0 Å². The largest absolute Gasteiger partial charge is 0.483 e. The number of nitrogens with zero attached hydrogens (tertiary/aromatic N) is 2. The molecular weight excluding hydrogens is 357 g/mol. The lowest BCUT2D eigenvalue weighted by Crippen LogP contribution is -2.50. The molecule has 0 unspecified atom stereocenters. The first-order chi connectivity index (χ1) is 12.8. The molecule has 0 spiro atoms. The first-order valence-electron chi connectivity index (χ1n) is 8.73. The zero-order valence-electron chi connectivity index (χ0n) is 15.0. The van der Waals surface area contributed by atoms with Crippen molar-refractivity contribution in [3.63, 3.8) is 0 Å². The number of aryl methyl sites for hydroxylation is 1. The second-order valence-corrected chi connectivity index (χ2v) is 6.49. The zero-order chi connectivity index (χ0) is 19.4. The predicted octanol–water partition coefficient (Wildman–Crippen LogP) is 3.74. The van der Waals surface area contributed by atoms with Gasteiger partial charge in [0.1, 0.15) is 5.75 Å². The normalized spacial score (nSPS) is 15.0. The van der Waals surface area contributed by atoms with Gasteiger partial charge in [-0.1, -0.05) is 24.3 Å². The third-order valence-corrected chi connectivity index (χ3v) is 4.54. The van der Waals surface area contributed by atoms with Crippen molar-refractivity contribution in [1.29, 1.82) is 0 Å². The molecule has 0 aromatic heterocycles. The van der Waals surface area contributed by atoms with Gasteiger partial charge in [0, 0.05) is 31.9 Å². The second kappa shape index (κ2) is 7.90. The highest BCUT2D eigenvalue weighted by Crippen LogP contribution is 2.35. The van der Waals surface area contributed by atoms with Crippen LogP contribution in [0.3, 0.4) is 0 Å². The van der Waals surface area contributed by atoms with Crippen LogP contribution in [0.2, 0.25) is 0 Å². The number of hydrogen-bond acceptors (Lipinski definition) is 3. The standard InChI is InChI=1S/C20H21F3N2O2/c1-15-5-4-6-16(13-15)24-9-11-25(12-10-24)19(26)14-27-18-8-3-2-7-17(18)20(21,22)23/h2-8,13H,9-12,14H2,1H3. The van der Waals surface area contributed by atoms with Gasteiger partial charge < -0.3 is 14.5 Å². The minimum absolute atomic E-state index is 0.309. The first kappa shape index (κ1) is 19.1. The molecule has 0 bridgehead atoms. The Labute approximate surface area is 156 Å². The average molecular weight is 378 g/mol. The Hall–Kier alpha value is -2.70. The number of carbonyl (C=O) groups is 1. The Kier molecular flexibility index (Phi) is 5.58. The Morgan fingerprint density at radius 1 is 1.04 bits per heavy atom. The Balaban J connectivity index is 1.55. The number of anilines is 1. The number of benzene rings is 2.